The summed E-state index contributed by atoms with van der Waals surface area (Å²) in [5.74, 6) is 5.42. The van der Waals surface area contributed by atoms with Crippen molar-refractivity contribution in [2.75, 3.05) is 0 Å². The summed E-state index contributed by atoms with van der Waals surface area (Å²) in [4.78, 5) is 22.8. The van der Waals surface area contributed by atoms with Gasteiger partial charge >= 0.3 is 0 Å². The van der Waals surface area contributed by atoms with Gasteiger partial charge in [-0.05, 0) is 86.9 Å². The largest absolute Gasteiger partial charge is 0.302 e. The number of carbonyl (C=O) groups is 2. The highest BCUT2D eigenvalue weighted by molar-refractivity contribution is 5.83. The fourth-order valence-electron chi connectivity index (χ4n) is 6.83. The molecule has 0 aromatic rings. The number of rotatable bonds is 2. The lowest BCUT2D eigenvalue weighted by molar-refractivity contribution is -0.133. The molecule has 2 nitrogen and oxygen atoms in total. The summed E-state index contributed by atoms with van der Waals surface area (Å²) in [5, 5.41) is 0. The molecule has 0 radical (unpaired) electrons. The summed E-state index contributed by atoms with van der Waals surface area (Å²) in [6, 6.07) is 0. The first-order chi connectivity index (χ1) is 10.3. The van der Waals surface area contributed by atoms with Crippen LogP contribution in [-0.4, -0.2) is 12.6 Å². The van der Waals surface area contributed by atoms with E-state index in [4.69, 9.17) is 0 Å². The highest BCUT2D eigenvalue weighted by Gasteiger charge is 2.51. The predicted molar refractivity (Wildman–Crippen MR) is 81.7 cm³/mol. The van der Waals surface area contributed by atoms with Crippen molar-refractivity contribution in [2.45, 2.75) is 64.2 Å². The maximum atomic E-state index is 11.4. The Morgan fingerprint density at radius 3 is 2.05 bits per heavy atom. The smallest absolute Gasteiger partial charge is 0.133 e. The van der Waals surface area contributed by atoms with E-state index in [0.29, 0.717) is 5.92 Å². The lowest BCUT2D eigenvalue weighted by Gasteiger charge is -2.53. The minimum Gasteiger partial charge on any atom is -0.302 e. The van der Waals surface area contributed by atoms with Crippen LogP contribution in [0.3, 0.4) is 0 Å². The lowest BCUT2D eigenvalue weighted by Crippen LogP contribution is -2.47. The molecule has 0 N–H and O–H groups in total. The Hall–Kier alpha value is -0.660. The van der Waals surface area contributed by atoms with Crippen molar-refractivity contribution in [2.24, 2.45) is 40.9 Å². The molecule has 0 bridgehead atoms. The van der Waals surface area contributed by atoms with Gasteiger partial charge in [-0.3, -0.25) is 0 Å². The molecule has 4 fully saturated rings. The molecule has 0 amide bonds. The third-order valence-electron chi connectivity index (χ3n) is 7.77. The molecular formula is C19H28O2. The maximum Gasteiger partial charge on any atom is 0.133 e. The van der Waals surface area contributed by atoms with Crippen LogP contribution in [0.1, 0.15) is 64.2 Å². The molecule has 0 spiro atoms. The lowest BCUT2D eigenvalue weighted by atomic mass is 9.51. The Morgan fingerprint density at radius 2 is 1.33 bits per heavy atom. The molecule has 6 atom stereocenters. The van der Waals surface area contributed by atoms with Crippen LogP contribution in [0.15, 0.2) is 0 Å². The first-order valence-electron chi connectivity index (χ1n) is 9.19. The quantitative estimate of drug-likeness (QED) is 0.568. The summed E-state index contributed by atoms with van der Waals surface area (Å²) in [5.41, 5.74) is -0.626. The molecule has 0 aromatic heterocycles. The van der Waals surface area contributed by atoms with Gasteiger partial charge in [0.1, 0.15) is 12.6 Å². The van der Waals surface area contributed by atoms with Gasteiger partial charge in [-0.1, -0.05) is 12.8 Å². The molecule has 116 valence electrons. The molecule has 0 aliphatic heterocycles. The summed E-state index contributed by atoms with van der Waals surface area (Å²) in [7, 11) is 0. The third kappa shape index (κ3) is 2.12. The summed E-state index contributed by atoms with van der Waals surface area (Å²) < 4.78 is 0. The van der Waals surface area contributed by atoms with Gasteiger partial charge < -0.3 is 9.59 Å². The Balaban J connectivity index is 1.53. The van der Waals surface area contributed by atoms with Gasteiger partial charge in [0.25, 0.3) is 0 Å². The molecule has 21 heavy (non-hydrogen) atoms. The molecule has 4 saturated carbocycles. The highest BCUT2D eigenvalue weighted by Crippen LogP contribution is 2.59. The fourth-order valence-corrected chi connectivity index (χ4v) is 6.83. The molecule has 0 aromatic carbocycles. The molecule has 0 saturated heterocycles. The van der Waals surface area contributed by atoms with Crippen LogP contribution < -0.4 is 0 Å². The van der Waals surface area contributed by atoms with E-state index >= 15 is 0 Å². The number of hydrogen-bond acceptors (Lipinski definition) is 2. The minimum absolute atomic E-state index is 0.626. The average Bonchev–Trinajstić information content (AvgIpc) is 3.02. The minimum atomic E-state index is -0.626. The van der Waals surface area contributed by atoms with Crippen LogP contribution in [0.25, 0.3) is 0 Å². The Kier molecular flexibility index (Phi) is 3.46. The zero-order chi connectivity index (χ0) is 14.4. The van der Waals surface area contributed by atoms with Crippen LogP contribution in [0, 0.1) is 40.9 Å². The second-order valence-corrected chi connectivity index (χ2v) is 8.47. The van der Waals surface area contributed by atoms with Crippen molar-refractivity contribution in [3.05, 3.63) is 0 Å². The van der Waals surface area contributed by atoms with Crippen LogP contribution in [0.4, 0.5) is 0 Å². The molecular weight excluding hydrogens is 260 g/mol. The molecule has 2 heteroatoms. The molecule has 0 heterocycles. The van der Waals surface area contributed by atoms with E-state index in [1.54, 1.807) is 0 Å². The molecule has 4 rings (SSSR count). The van der Waals surface area contributed by atoms with E-state index in [9.17, 15) is 9.59 Å². The number of aldehydes is 2. The number of carbonyl (C=O) groups excluding carboxylic acids is 2. The molecule has 4 aliphatic carbocycles. The molecule has 1 unspecified atom stereocenters. The van der Waals surface area contributed by atoms with E-state index in [1.165, 1.54) is 44.9 Å². The Bertz CT molecular complexity index is 421. The van der Waals surface area contributed by atoms with Gasteiger partial charge in [0.2, 0.25) is 0 Å². The Morgan fingerprint density at radius 1 is 0.667 bits per heavy atom. The number of hydrogen-bond donors (Lipinski definition) is 0. The standard InChI is InChI=1S/C19H28O2/c20-11-19(12-21)9-8-16-14(10-19)5-7-17-15-3-1-2-13(15)4-6-18(16)17/h11-18H,1-10H2/t13-,14?,15+,16-,17-,18+/m0/s1. The van der Waals surface area contributed by atoms with Crippen LogP contribution in [0.2, 0.25) is 0 Å². The molecule has 4 aliphatic rings. The zero-order valence-corrected chi connectivity index (χ0v) is 13.0. The van der Waals surface area contributed by atoms with E-state index < -0.39 is 5.41 Å². The van der Waals surface area contributed by atoms with E-state index in [2.05, 4.69) is 0 Å². The topological polar surface area (TPSA) is 34.1 Å². The summed E-state index contributed by atoms with van der Waals surface area (Å²) >= 11 is 0. The van der Waals surface area contributed by atoms with Crippen molar-refractivity contribution in [1.29, 1.82) is 0 Å². The van der Waals surface area contributed by atoms with Crippen molar-refractivity contribution in [1.82, 2.24) is 0 Å². The first-order valence-corrected chi connectivity index (χ1v) is 9.19. The van der Waals surface area contributed by atoms with Gasteiger partial charge in [-0.2, -0.15) is 0 Å². The van der Waals surface area contributed by atoms with Gasteiger partial charge in [0.15, 0.2) is 0 Å². The van der Waals surface area contributed by atoms with Crippen molar-refractivity contribution < 1.29 is 9.59 Å². The first kappa shape index (κ1) is 14.0. The van der Waals surface area contributed by atoms with Gasteiger partial charge in [-0.15, -0.1) is 0 Å². The number of fused-ring (bicyclic) bond motifs is 5. The van der Waals surface area contributed by atoms with E-state index in [1.807, 2.05) is 0 Å². The van der Waals surface area contributed by atoms with Gasteiger partial charge in [0, 0.05) is 0 Å². The van der Waals surface area contributed by atoms with Crippen LogP contribution in [0.5, 0.6) is 0 Å². The van der Waals surface area contributed by atoms with Crippen molar-refractivity contribution in [3.8, 4) is 0 Å². The normalized spacial score (nSPS) is 47.8. The van der Waals surface area contributed by atoms with Crippen LogP contribution >= 0.6 is 0 Å². The van der Waals surface area contributed by atoms with E-state index in [0.717, 1.165) is 61.4 Å². The average molecular weight is 288 g/mol. The predicted octanol–water partition coefficient (Wildman–Crippen LogP) is 4.02. The van der Waals surface area contributed by atoms with Gasteiger partial charge in [-0.25, -0.2) is 0 Å². The second-order valence-electron chi connectivity index (χ2n) is 8.47. The van der Waals surface area contributed by atoms with Gasteiger partial charge in [0.05, 0.1) is 5.41 Å². The third-order valence-corrected chi connectivity index (χ3v) is 7.77. The second kappa shape index (κ2) is 5.21. The van der Waals surface area contributed by atoms with Crippen molar-refractivity contribution in [3.63, 3.8) is 0 Å². The summed E-state index contributed by atoms with van der Waals surface area (Å²) in [6.45, 7) is 0. The SMILES string of the molecule is O=CC1(C=O)CC[C@H]2C(CC[C@H]3[C@@H]4CCC[C@H]4CC[C@@H]32)C1. The summed E-state index contributed by atoms with van der Waals surface area (Å²) in [6.07, 6.45) is 14.7. The van der Waals surface area contributed by atoms with Crippen molar-refractivity contribution >= 4 is 12.6 Å². The van der Waals surface area contributed by atoms with E-state index in [-0.39, 0.29) is 0 Å². The maximum absolute atomic E-state index is 11.4. The monoisotopic (exact) mass is 288 g/mol. The highest BCUT2D eigenvalue weighted by atomic mass is 16.1. The fraction of sp³-hybridized carbons (Fsp3) is 0.895. The Labute approximate surface area is 128 Å². The van der Waals surface area contributed by atoms with Crippen LogP contribution in [-0.2, 0) is 9.59 Å². The zero-order valence-electron chi connectivity index (χ0n) is 13.0.